The lowest BCUT2D eigenvalue weighted by molar-refractivity contribution is -0.147. The molecule has 2 N–H and O–H groups in total. The van der Waals surface area contributed by atoms with Gasteiger partial charge in [-0.1, -0.05) is 0 Å². The van der Waals surface area contributed by atoms with Gasteiger partial charge in [-0.05, 0) is 6.42 Å². The van der Waals surface area contributed by atoms with Crippen LogP contribution in [0.1, 0.15) is 18.1 Å². The summed E-state index contributed by atoms with van der Waals surface area (Å²) in [5.41, 5.74) is 0. The molecule has 0 aromatic carbocycles. The van der Waals surface area contributed by atoms with Gasteiger partial charge in [0.25, 0.3) is 5.82 Å². The maximum Gasteiger partial charge on any atom is 0.453 e. The molecule has 114 valence electrons. The molecule has 0 fully saturated rings. The Morgan fingerprint density at radius 2 is 1.76 bits per heavy atom. The van der Waals surface area contributed by atoms with Gasteiger partial charge in [-0.2, -0.15) is 22.9 Å². The topological polar surface area (TPSA) is 118 Å². The predicted octanol–water partition coefficient (Wildman–Crippen LogP) is 0.789. The van der Waals surface area contributed by atoms with Crippen molar-refractivity contribution in [2.75, 3.05) is 0 Å². The molecule has 2 heterocycles. The third-order valence-electron chi connectivity index (χ3n) is 2.02. The maximum atomic E-state index is 12.2. The van der Waals surface area contributed by atoms with Crippen molar-refractivity contribution in [2.45, 2.75) is 19.0 Å². The van der Waals surface area contributed by atoms with Crippen molar-refractivity contribution in [1.29, 1.82) is 0 Å². The third-order valence-corrected chi connectivity index (χ3v) is 2.02. The van der Waals surface area contributed by atoms with E-state index in [-0.39, 0.29) is 5.82 Å². The Bertz CT molecular complexity index is 576. The molecule has 1 aliphatic heterocycles. The number of aliphatic carboxylic acids is 2. The molecule has 1 aromatic rings. The second-order valence-electron chi connectivity index (χ2n) is 3.60. The summed E-state index contributed by atoms with van der Waals surface area (Å²) >= 11 is 0. The summed E-state index contributed by atoms with van der Waals surface area (Å²) in [6.45, 7) is 0. The molecule has 8 nitrogen and oxygen atoms in total. The van der Waals surface area contributed by atoms with Crippen LogP contribution in [0.3, 0.4) is 0 Å². The largest absolute Gasteiger partial charge is 0.478 e. The van der Waals surface area contributed by atoms with E-state index in [9.17, 15) is 22.8 Å². The van der Waals surface area contributed by atoms with Gasteiger partial charge >= 0.3 is 18.1 Å². The first kappa shape index (κ1) is 16.3. The van der Waals surface area contributed by atoms with Crippen molar-refractivity contribution in [3.8, 4) is 0 Å². The fraction of sp³-hybridized carbons (Fsp3) is 0.300. The van der Waals surface area contributed by atoms with Crippen molar-refractivity contribution < 1.29 is 33.0 Å². The van der Waals surface area contributed by atoms with Gasteiger partial charge in [0.2, 0.25) is 0 Å². The number of hydrogen-bond acceptors (Lipinski definition) is 5. The lowest BCUT2D eigenvalue weighted by atomic mass is 10.3. The minimum absolute atomic E-state index is 0.259. The minimum Gasteiger partial charge on any atom is -0.478 e. The second kappa shape index (κ2) is 6.63. The number of aryl methyl sites for hydroxylation is 1. The average Bonchev–Trinajstić information content (AvgIpc) is 2.80. The quantitative estimate of drug-likeness (QED) is 0.780. The first-order valence-corrected chi connectivity index (χ1v) is 5.40. The Kier molecular flexibility index (Phi) is 5.16. The monoisotopic (exact) mass is 306 g/mol. The third kappa shape index (κ3) is 5.04. The Balaban J connectivity index is 0.000000240. The van der Waals surface area contributed by atoms with Crippen molar-refractivity contribution >= 4 is 18.2 Å². The highest BCUT2D eigenvalue weighted by Crippen LogP contribution is 2.28. The first-order valence-electron chi connectivity index (χ1n) is 5.40. The fourth-order valence-electron chi connectivity index (χ4n) is 1.24. The summed E-state index contributed by atoms with van der Waals surface area (Å²) in [7, 11) is 0. The smallest absolute Gasteiger partial charge is 0.453 e. The molecule has 0 saturated heterocycles. The molecule has 1 aromatic heterocycles. The number of carboxylic acids is 2. The number of carboxylic acid groups (broad SMARTS) is 2. The molecule has 0 unspecified atom stereocenters. The van der Waals surface area contributed by atoms with E-state index >= 15 is 0 Å². The van der Waals surface area contributed by atoms with Crippen LogP contribution in [0.25, 0.3) is 0 Å². The number of alkyl halides is 3. The molecule has 0 atom stereocenters. The zero-order valence-corrected chi connectivity index (χ0v) is 10.3. The molecule has 1 aliphatic rings. The van der Waals surface area contributed by atoms with Crippen LogP contribution in [0.5, 0.6) is 0 Å². The van der Waals surface area contributed by atoms with Crippen LogP contribution in [-0.4, -0.2) is 43.2 Å². The first-order chi connectivity index (χ1) is 9.71. The van der Waals surface area contributed by atoms with Gasteiger partial charge in [0.1, 0.15) is 0 Å². The lowest BCUT2D eigenvalue weighted by Gasteiger charge is -2.08. The van der Waals surface area contributed by atoms with Crippen LogP contribution < -0.4 is 0 Å². The van der Waals surface area contributed by atoms with E-state index in [0.717, 1.165) is 4.68 Å². The highest BCUT2D eigenvalue weighted by molar-refractivity contribution is 5.89. The molecule has 0 amide bonds. The summed E-state index contributed by atoms with van der Waals surface area (Å²) < 4.78 is 37.4. The SMILES string of the molecule is FC(F)(F)c1nnc2n1N=CCC2.O=C(O)C=CC(=O)O. The van der Waals surface area contributed by atoms with E-state index in [1.165, 1.54) is 6.21 Å². The van der Waals surface area contributed by atoms with Crippen LogP contribution in [0, 0.1) is 0 Å². The highest BCUT2D eigenvalue weighted by atomic mass is 19.4. The maximum absolute atomic E-state index is 12.2. The van der Waals surface area contributed by atoms with Crippen LogP contribution in [0.4, 0.5) is 13.2 Å². The number of hydrogen-bond donors (Lipinski definition) is 2. The molecule has 11 heteroatoms. The van der Waals surface area contributed by atoms with E-state index < -0.39 is 23.9 Å². The summed E-state index contributed by atoms with van der Waals surface area (Å²) in [5, 5.41) is 25.6. The number of carbonyl (C=O) groups is 2. The molecule has 0 bridgehead atoms. The van der Waals surface area contributed by atoms with Gasteiger partial charge in [-0.25, -0.2) is 9.59 Å². The Morgan fingerprint density at radius 3 is 2.24 bits per heavy atom. The van der Waals surface area contributed by atoms with Crippen molar-refractivity contribution in [2.24, 2.45) is 5.10 Å². The normalized spacial score (nSPS) is 13.5. The molecular formula is C10H9F3N4O4. The van der Waals surface area contributed by atoms with Crippen molar-refractivity contribution in [3.63, 3.8) is 0 Å². The molecular weight excluding hydrogens is 297 g/mol. The molecule has 2 rings (SSSR count). The Labute approximate surface area is 115 Å². The van der Waals surface area contributed by atoms with Gasteiger partial charge in [0.05, 0.1) is 0 Å². The standard InChI is InChI=1S/C6H5F3N4.C4H4O4/c7-6(8,9)5-12-11-4-2-1-3-10-13(4)5;5-3(6)1-2-4(7)8/h3H,1-2H2;1-2H,(H,5,6)(H,7,8). The summed E-state index contributed by atoms with van der Waals surface area (Å²) in [4.78, 5) is 19.1. The van der Waals surface area contributed by atoms with Crippen molar-refractivity contribution in [1.82, 2.24) is 14.9 Å². The highest BCUT2D eigenvalue weighted by Gasteiger charge is 2.39. The molecule has 0 radical (unpaired) electrons. The van der Waals surface area contributed by atoms with Gasteiger partial charge in [-0.3, -0.25) is 0 Å². The average molecular weight is 306 g/mol. The Hall–Kier alpha value is -2.72. The van der Waals surface area contributed by atoms with Gasteiger partial charge in [0, 0.05) is 24.8 Å². The Morgan fingerprint density at radius 1 is 1.19 bits per heavy atom. The predicted molar refractivity (Wildman–Crippen MR) is 61.6 cm³/mol. The van der Waals surface area contributed by atoms with Crippen LogP contribution >= 0.6 is 0 Å². The van der Waals surface area contributed by atoms with E-state index in [0.29, 0.717) is 25.0 Å². The van der Waals surface area contributed by atoms with Gasteiger partial charge in [-0.15, -0.1) is 10.2 Å². The molecule has 21 heavy (non-hydrogen) atoms. The number of rotatable bonds is 2. The molecule has 0 spiro atoms. The minimum atomic E-state index is -4.49. The van der Waals surface area contributed by atoms with Crippen molar-refractivity contribution in [3.05, 3.63) is 23.8 Å². The number of halogens is 3. The van der Waals surface area contributed by atoms with E-state index in [2.05, 4.69) is 15.3 Å². The second-order valence-corrected chi connectivity index (χ2v) is 3.60. The fourth-order valence-corrected chi connectivity index (χ4v) is 1.24. The van der Waals surface area contributed by atoms with Gasteiger partial charge < -0.3 is 10.2 Å². The van der Waals surface area contributed by atoms with Gasteiger partial charge in [0.15, 0.2) is 5.82 Å². The summed E-state index contributed by atoms with van der Waals surface area (Å²) in [6.07, 6.45) is -0.890. The van der Waals surface area contributed by atoms with E-state index in [1.807, 2.05) is 0 Å². The number of nitrogens with zero attached hydrogens (tertiary/aromatic N) is 4. The number of fused-ring (bicyclic) bond motifs is 1. The molecule has 0 saturated carbocycles. The van der Waals surface area contributed by atoms with Crippen LogP contribution in [-0.2, 0) is 22.2 Å². The zero-order chi connectivity index (χ0) is 16.0. The number of aromatic nitrogens is 3. The van der Waals surface area contributed by atoms with E-state index in [4.69, 9.17) is 10.2 Å². The summed E-state index contributed by atoms with van der Waals surface area (Å²) in [6, 6.07) is 0. The lowest BCUT2D eigenvalue weighted by Crippen LogP contribution is -2.15. The summed E-state index contributed by atoms with van der Waals surface area (Å²) in [5.74, 6) is -3.31. The van der Waals surface area contributed by atoms with Crippen LogP contribution in [0.15, 0.2) is 17.3 Å². The van der Waals surface area contributed by atoms with Crippen LogP contribution in [0.2, 0.25) is 0 Å². The van der Waals surface area contributed by atoms with E-state index in [1.54, 1.807) is 0 Å². The zero-order valence-electron chi connectivity index (χ0n) is 10.3. The molecule has 0 aliphatic carbocycles.